The van der Waals surface area contributed by atoms with E-state index in [1.807, 2.05) is 0 Å². The lowest BCUT2D eigenvalue weighted by Gasteiger charge is -2.25. The van der Waals surface area contributed by atoms with Gasteiger partial charge in [-0.3, -0.25) is 0 Å². The van der Waals surface area contributed by atoms with Crippen LogP contribution in [0.4, 0.5) is 0 Å². The summed E-state index contributed by atoms with van der Waals surface area (Å²) in [5.41, 5.74) is 1.44. The van der Waals surface area contributed by atoms with Crippen molar-refractivity contribution in [2.45, 2.75) is 51.5 Å². The van der Waals surface area contributed by atoms with Crippen LogP contribution < -0.4 is 5.32 Å². The first kappa shape index (κ1) is 12.6. The Morgan fingerprint density at radius 2 is 1.82 bits per heavy atom. The first-order chi connectivity index (χ1) is 8.40. The Morgan fingerprint density at radius 3 is 2.47 bits per heavy atom. The summed E-state index contributed by atoms with van der Waals surface area (Å²) in [5.74, 6) is 0.918. The van der Waals surface area contributed by atoms with Crippen LogP contribution in [-0.2, 0) is 0 Å². The van der Waals surface area contributed by atoms with Gasteiger partial charge in [-0.2, -0.15) is 0 Å². The molecule has 17 heavy (non-hydrogen) atoms. The van der Waals surface area contributed by atoms with E-state index >= 15 is 0 Å². The van der Waals surface area contributed by atoms with E-state index in [0.717, 1.165) is 5.92 Å². The highest BCUT2D eigenvalue weighted by Gasteiger charge is 2.15. The molecule has 1 nitrogen and oxygen atoms in total. The van der Waals surface area contributed by atoms with Crippen molar-refractivity contribution in [1.82, 2.24) is 5.32 Å². The number of nitrogens with one attached hydrogen (secondary N) is 1. The van der Waals surface area contributed by atoms with Gasteiger partial charge in [-0.25, -0.2) is 0 Å². The second kappa shape index (κ2) is 6.80. The normalized spacial score (nSPS) is 19.1. The third-order valence-electron chi connectivity index (χ3n) is 3.99. The van der Waals surface area contributed by atoms with E-state index in [9.17, 15) is 0 Å². The van der Waals surface area contributed by atoms with Gasteiger partial charge in [0.15, 0.2) is 0 Å². The first-order valence-electron chi connectivity index (χ1n) is 7.18. The van der Waals surface area contributed by atoms with Crippen molar-refractivity contribution in [1.29, 1.82) is 0 Å². The topological polar surface area (TPSA) is 12.0 Å². The highest BCUT2D eigenvalue weighted by molar-refractivity contribution is 5.18. The molecule has 1 heteroatoms. The molecule has 0 unspecified atom stereocenters. The van der Waals surface area contributed by atoms with Gasteiger partial charge in [0.25, 0.3) is 0 Å². The fraction of sp³-hybridized carbons (Fsp3) is 0.625. The van der Waals surface area contributed by atoms with Crippen LogP contribution in [0, 0.1) is 5.92 Å². The molecule has 2 rings (SSSR count). The molecule has 94 valence electrons. The Hall–Kier alpha value is -0.820. The van der Waals surface area contributed by atoms with E-state index in [1.165, 1.54) is 50.6 Å². The van der Waals surface area contributed by atoms with Crippen molar-refractivity contribution < 1.29 is 0 Å². The monoisotopic (exact) mass is 231 g/mol. The Balaban J connectivity index is 1.83. The van der Waals surface area contributed by atoms with Crippen LogP contribution in [0.2, 0.25) is 0 Å². The van der Waals surface area contributed by atoms with E-state index in [0.29, 0.717) is 6.04 Å². The maximum atomic E-state index is 3.76. The summed E-state index contributed by atoms with van der Waals surface area (Å²) in [6.45, 7) is 3.47. The van der Waals surface area contributed by atoms with Crippen LogP contribution in [0.25, 0.3) is 0 Å². The SMILES string of the molecule is CC[C@H](NCC1CCCCC1)c1ccccc1. The van der Waals surface area contributed by atoms with Gasteiger partial charge in [-0.05, 0) is 37.3 Å². The molecule has 1 aromatic carbocycles. The summed E-state index contributed by atoms with van der Waals surface area (Å²) >= 11 is 0. The zero-order valence-corrected chi connectivity index (χ0v) is 11.0. The molecule has 0 amide bonds. The van der Waals surface area contributed by atoms with Crippen molar-refractivity contribution in [2.75, 3.05) is 6.54 Å². The quantitative estimate of drug-likeness (QED) is 0.796. The largest absolute Gasteiger partial charge is 0.310 e. The average Bonchev–Trinajstić information content (AvgIpc) is 2.42. The average molecular weight is 231 g/mol. The highest BCUT2D eigenvalue weighted by Crippen LogP contribution is 2.24. The lowest BCUT2D eigenvalue weighted by Crippen LogP contribution is -2.28. The fourth-order valence-electron chi connectivity index (χ4n) is 2.88. The molecular weight excluding hydrogens is 206 g/mol. The zero-order chi connectivity index (χ0) is 11.9. The second-order valence-corrected chi connectivity index (χ2v) is 5.28. The molecule has 1 N–H and O–H groups in total. The van der Waals surface area contributed by atoms with Crippen molar-refractivity contribution in [2.24, 2.45) is 5.92 Å². The summed E-state index contributed by atoms with van der Waals surface area (Å²) < 4.78 is 0. The minimum atomic E-state index is 0.540. The van der Waals surface area contributed by atoms with E-state index < -0.39 is 0 Å². The molecule has 0 aliphatic heterocycles. The van der Waals surface area contributed by atoms with E-state index in [1.54, 1.807) is 0 Å². The van der Waals surface area contributed by atoms with Crippen molar-refractivity contribution in [3.63, 3.8) is 0 Å². The lowest BCUT2D eigenvalue weighted by atomic mass is 9.89. The predicted molar refractivity (Wildman–Crippen MR) is 74.1 cm³/mol. The molecule has 1 atom stereocenters. The molecule has 1 aliphatic rings. The fourth-order valence-corrected chi connectivity index (χ4v) is 2.88. The summed E-state index contributed by atoms with van der Waals surface area (Å²) in [7, 11) is 0. The van der Waals surface area contributed by atoms with Crippen LogP contribution in [0.5, 0.6) is 0 Å². The van der Waals surface area contributed by atoms with Gasteiger partial charge >= 0.3 is 0 Å². The van der Waals surface area contributed by atoms with E-state index in [-0.39, 0.29) is 0 Å². The van der Waals surface area contributed by atoms with Gasteiger partial charge in [-0.1, -0.05) is 56.5 Å². The highest BCUT2D eigenvalue weighted by atomic mass is 14.9. The Kier molecular flexibility index (Phi) is 5.06. The third-order valence-corrected chi connectivity index (χ3v) is 3.99. The molecule has 1 saturated carbocycles. The summed E-state index contributed by atoms with van der Waals surface area (Å²) in [6, 6.07) is 11.4. The van der Waals surface area contributed by atoms with Gasteiger partial charge in [0, 0.05) is 6.04 Å². The molecule has 0 spiro atoms. The van der Waals surface area contributed by atoms with E-state index in [2.05, 4.69) is 42.6 Å². The Bertz CT molecular complexity index is 301. The first-order valence-corrected chi connectivity index (χ1v) is 7.18. The molecule has 0 heterocycles. The molecule has 0 radical (unpaired) electrons. The van der Waals surface area contributed by atoms with Gasteiger partial charge in [0.05, 0.1) is 0 Å². The minimum Gasteiger partial charge on any atom is -0.310 e. The Labute approximate surface area is 106 Å². The molecule has 0 saturated heterocycles. The number of rotatable bonds is 5. The maximum absolute atomic E-state index is 3.76. The van der Waals surface area contributed by atoms with E-state index in [4.69, 9.17) is 0 Å². The lowest BCUT2D eigenvalue weighted by molar-refractivity contribution is 0.326. The third kappa shape index (κ3) is 3.85. The molecule has 1 aliphatic carbocycles. The second-order valence-electron chi connectivity index (χ2n) is 5.28. The molecule has 1 aromatic rings. The molecule has 0 bridgehead atoms. The Morgan fingerprint density at radius 1 is 1.12 bits per heavy atom. The number of benzene rings is 1. The van der Waals surface area contributed by atoms with Gasteiger partial charge < -0.3 is 5.32 Å². The molecule has 0 aromatic heterocycles. The molecule has 1 fully saturated rings. The van der Waals surface area contributed by atoms with Gasteiger partial charge in [0.1, 0.15) is 0 Å². The van der Waals surface area contributed by atoms with Crippen LogP contribution in [-0.4, -0.2) is 6.54 Å². The minimum absolute atomic E-state index is 0.540. The van der Waals surface area contributed by atoms with Gasteiger partial charge in [-0.15, -0.1) is 0 Å². The van der Waals surface area contributed by atoms with Crippen LogP contribution >= 0.6 is 0 Å². The smallest absolute Gasteiger partial charge is 0.0317 e. The van der Waals surface area contributed by atoms with Crippen molar-refractivity contribution in [3.8, 4) is 0 Å². The summed E-state index contributed by atoms with van der Waals surface area (Å²) in [5, 5.41) is 3.76. The summed E-state index contributed by atoms with van der Waals surface area (Å²) in [4.78, 5) is 0. The van der Waals surface area contributed by atoms with Crippen molar-refractivity contribution >= 4 is 0 Å². The van der Waals surface area contributed by atoms with Crippen molar-refractivity contribution in [3.05, 3.63) is 35.9 Å². The predicted octanol–water partition coefficient (Wildman–Crippen LogP) is 4.31. The number of hydrogen-bond donors (Lipinski definition) is 1. The van der Waals surface area contributed by atoms with Crippen LogP contribution in [0.15, 0.2) is 30.3 Å². The standard InChI is InChI=1S/C16H25N/c1-2-16(15-11-7-4-8-12-15)17-13-14-9-5-3-6-10-14/h4,7-8,11-12,14,16-17H,2-3,5-6,9-10,13H2,1H3/t16-/m0/s1. The van der Waals surface area contributed by atoms with Gasteiger partial charge in [0.2, 0.25) is 0 Å². The maximum Gasteiger partial charge on any atom is 0.0317 e. The zero-order valence-electron chi connectivity index (χ0n) is 11.0. The molecular formula is C16H25N. The van der Waals surface area contributed by atoms with Crippen LogP contribution in [0.3, 0.4) is 0 Å². The number of hydrogen-bond acceptors (Lipinski definition) is 1. The summed E-state index contributed by atoms with van der Waals surface area (Å²) in [6.07, 6.45) is 8.36. The van der Waals surface area contributed by atoms with Crippen LogP contribution in [0.1, 0.15) is 57.1 Å².